The van der Waals surface area contributed by atoms with Gasteiger partial charge in [-0.2, -0.15) is 0 Å². The third-order valence-electron chi connectivity index (χ3n) is 2.66. The van der Waals surface area contributed by atoms with E-state index in [1.165, 1.54) is 6.07 Å². The fraction of sp³-hybridized carbons (Fsp3) is 0.417. The zero-order valence-electron chi connectivity index (χ0n) is 10.4. The Morgan fingerprint density at radius 1 is 1.39 bits per heavy atom. The van der Waals surface area contributed by atoms with Crippen molar-refractivity contribution in [2.45, 2.75) is 32.9 Å². The summed E-state index contributed by atoms with van der Waals surface area (Å²) < 4.78 is 3.59. The normalized spacial score (nSPS) is 11.1. The van der Waals surface area contributed by atoms with Gasteiger partial charge in [0.25, 0.3) is 5.56 Å². The SMILES string of the molecule is CC(C)c1nc(Cl)cc(=O)n1CCn1ccnc1. The average Bonchev–Trinajstić information content (AvgIpc) is 2.79. The van der Waals surface area contributed by atoms with Crippen LogP contribution in [0.25, 0.3) is 0 Å². The lowest BCUT2D eigenvalue weighted by Crippen LogP contribution is -2.27. The molecule has 0 N–H and O–H groups in total. The lowest BCUT2D eigenvalue weighted by Gasteiger charge is -2.14. The number of aromatic nitrogens is 4. The van der Waals surface area contributed by atoms with Gasteiger partial charge in [0.15, 0.2) is 0 Å². The number of halogens is 1. The summed E-state index contributed by atoms with van der Waals surface area (Å²) >= 11 is 5.83. The Hall–Kier alpha value is -1.62. The molecule has 96 valence electrons. The van der Waals surface area contributed by atoms with Gasteiger partial charge in [0.1, 0.15) is 11.0 Å². The molecule has 0 bridgehead atoms. The molecule has 0 amide bonds. The number of nitrogens with zero attached hydrogens (tertiary/aromatic N) is 4. The van der Waals surface area contributed by atoms with Gasteiger partial charge in [0.2, 0.25) is 0 Å². The molecule has 0 radical (unpaired) electrons. The second kappa shape index (κ2) is 5.35. The van der Waals surface area contributed by atoms with Crippen molar-refractivity contribution in [3.63, 3.8) is 0 Å². The highest BCUT2D eigenvalue weighted by atomic mass is 35.5. The van der Waals surface area contributed by atoms with E-state index in [0.717, 1.165) is 0 Å². The first-order chi connectivity index (χ1) is 8.58. The molecule has 5 nitrogen and oxygen atoms in total. The fourth-order valence-electron chi connectivity index (χ4n) is 1.79. The number of rotatable bonds is 4. The van der Waals surface area contributed by atoms with Crippen molar-refractivity contribution in [1.82, 2.24) is 19.1 Å². The predicted molar refractivity (Wildman–Crippen MR) is 69.8 cm³/mol. The van der Waals surface area contributed by atoms with Gasteiger partial charge in [-0.25, -0.2) is 9.97 Å². The maximum absolute atomic E-state index is 11.9. The van der Waals surface area contributed by atoms with E-state index in [1.54, 1.807) is 17.1 Å². The van der Waals surface area contributed by atoms with Crippen LogP contribution in [0.3, 0.4) is 0 Å². The Kier molecular flexibility index (Phi) is 3.81. The lowest BCUT2D eigenvalue weighted by molar-refractivity contribution is 0.520. The quantitative estimate of drug-likeness (QED) is 0.795. The van der Waals surface area contributed by atoms with Gasteiger partial charge in [-0.15, -0.1) is 0 Å². The van der Waals surface area contributed by atoms with Crippen molar-refractivity contribution in [2.75, 3.05) is 0 Å². The summed E-state index contributed by atoms with van der Waals surface area (Å²) in [6, 6.07) is 1.35. The topological polar surface area (TPSA) is 52.7 Å². The molecule has 0 unspecified atom stereocenters. The highest BCUT2D eigenvalue weighted by Gasteiger charge is 2.11. The standard InChI is InChI=1S/C12H15ClN4O/c1-9(2)12-15-10(13)7-11(18)17(12)6-5-16-4-3-14-8-16/h3-4,7-9H,5-6H2,1-2H3. The molecule has 18 heavy (non-hydrogen) atoms. The average molecular weight is 267 g/mol. The fourth-order valence-corrected chi connectivity index (χ4v) is 1.97. The summed E-state index contributed by atoms with van der Waals surface area (Å²) in [4.78, 5) is 20.1. The molecule has 0 spiro atoms. The van der Waals surface area contributed by atoms with Gasteiger partial charge < -0.3 is 4.57 Å². The maximum Gasteiger partial charge on any atom is 0.255 e. The minimum Gasteiger partial charge on any atom is -0.336 e. The molecule has 0 aromatic carbocycles. The van der Waals surface area contributed by atoms with E-state index in [9.17, 15) is 4.79 Å². The van der Waals surface area contributed by atoms with Crippen LogP contribution in [0, 0.1) is 0 Å². The van der Waals surface area contributed by atoms with E-state index < -0.39 is 0 Å². The van der Waals surface area contributed by atoms with Gasteiger partial charge in [-0.05, 0) is 0 Å². The van der Waals surface area contributed by atoms with E-state index in [0.29, 0.717) is 18.9 Å². The van der Waals surface area contributed by atoms with Crippen molar-refractivity contribution in [3.8, 4) is 0 Å². The number of hydrogen-bond donors (Lipinski definition) is 0. The highest BCUT2D eigenvalue weighted by Crippen LogP contribution is 2.12. The van der Waals surface area contributed by atoms with Crippen molar-refractivity contribution in [2.24, 2.45) is 0 Å². The molecular weight excluding hydrogens is 252 g/mol. The van der Waals surface area contributed by atoms with Gasteiger partial charge in [-0.3, -0.25) is 9.36 Å². The lowest BCUT2D eigenvalue weighted by atomic mass is 10.2. The Balaban J connectivity index is 2.28. The minimum absolute atomic E-state index is 0.112. The predicted octanol–water partition coefficient (Wildman–Crippen LogP) is 1.92. The summed E-state index contributed by atoms with van der Waals surface area (Å²) in [5, 5.41) is 0.252. The molecule has 2 heterocycles. The molecule has 0 fully saturated rings. The third kappa shape index (κ3) is 2.79. The van der Waals surface area contributed by atoms with E-state index in [-0.39, 0.29) is 16.6 Å². The molecule has 0 atom stereocenters. The van der Waals surface area contributed by atoms with Crippen LogP contribution < -0.4 is 5.56 Å². The molecule has 2 rings (SSSR count). The maximum atomic E-state index is 11.9. The third-order valence-corrected chi connectivity index (χ3v) is 2.86. The zero-order valence-corrected chi connectivity index (χ0v) is 11.1. The Labute approximate surface area is 110 Å². The number of hydrogen-bond acceptors (Lipinski definition) is 3. The van der Waals surface area contributed by atoms with Crippen LogP contribution in [-0.2, 0) is 13.1 Å². The largest absolute Gasteiger partial charge is 0.336 e. The zero-order chi connectivity index (χ0) is 13.1. The van der Waals surface area contributed by atoms with Gasteiger partial charge in [0, 0.05) is 37.5 Å². The van der Waals surface area contributed by atoms with Crippen molar-refractivity contribution in [3.05, 3.63) is 46.1 Å². The van der Waals surface area contributed by atoms with Crippen LogP contribution >= 0.6 is 11.6 Å². The van der Waals surface area contributed by atoms with Crippen LogP contribution in [0.2, 0.25) is 5.15 Å². The molecule has 0 aliphatic rings. The molecule has 0 saturated carbocycles. The number of aryl methyl sites for hydroxylation is 1. The Morgan fingerprint density at radius 3 is 2.78 bits per heavy atom. The van der Waals surface area contributed by atoms with Crippen LogP contribution in [0.5, 0.6) is 0 Å². The van der Waals surface area contributed by atoms with E-state index in [4.69, 9.17) is 11.6 Å². The van der Waals surface area contributed by atoms with Crippen LogP contribution in [0.1, 0.15) is 25.6 Å². The van der Waals surface area contributed by atoms with Crippen LogP contribution in [0.4, 0.5) is 0 Å². The van der Waals surface area contributed by atoms with Gasteiger partial charge >= 0.3 is 0 Å². The Bertz CT molecular complexity index is 574. The first-order valence-electron chi connectivity index (χ1n) is 5.81. The van der Waals surface area contributed by atoms with E-state index in [1.807, 2.05) is 24.6 Å². The molecule has 2 aromatic rings. The van der Waals surface area contributed by atoms with E-state index >= 15 is 0 Å². The van der Waals surface area contributed by atoms with Crippen LogP contribution in [-0.4, -0.2) is 19.1 Å². The summed E-state index contributed by atoms with van der Waals surface area (Å²) in [6.07, 6.45) is 5.30. The smallest absolute Gasteiger partial charge is 0.255 e. The molecule has 0 saturated heterocycles. The first-order valence-corrected chi connectivity index (χ1v) is 6.18. The van der Waals surface area contributed by atoms with Crippen LogP contribution in [0.15, 0.2) is 29.6 Å². The second-order valence-corrected chi connectivity index (χ2v) is 4.77. The van der Waals surface area contributed by atoms with Crippen molar-refractivity contribution in [1.29, 1.82) is 0 Å². The van der Waals surface area contributed by atoms with E-state index in [2.05, 4.69) is 9.97 Å². The summed E-state index contributed by atoms with van der Waals surface area (Å²) in [5.41, 5.74) is -0.112. The first kappa shape index (κ1) is 12.8. The monoisotopic (exact) mass is 266 g/mol. The molecule has 0 aliphatic heterocycles. The molecule has 2 aromatic heterocycles. The highest BCUT2D eigenvalue weighted by molar-refractivity contribution is 6.29. The summed E-state index contributed by atoms with van der Waals surface area (Å²) in [6.45, 7) is 5.23. The Morgan fingerprint density at radius 2 is 2.17 bits per heavy atom. The second-order valence-electron chi connectivity index (χ2n) is 4.38. The molecular formula is C12H15ClN4O. The van der Waals surface area contributed by atoms with Gasteiger partial charge in [0.05, 0.1) is 6.33 Å². The summed E-state index contributed by atoms with van der Waals surface area (Å²) in [7, 11) is 0. The summed E-state index contributed by atoms with van der Waals surface area (Å²) in [5.74, 6) is 0.867. The van der Waals surface area contributed by atoms with Gasteiger partial charge in [-0.1, -0.05) is 25.4 Å². The molecule has 0 aliphatic carbocycles. The number of imidazole rings is 1. The minimum atomic E-state index is -0.112. The molecule has 6 heteroatoms. The van der Waals surface area contributed by atoms with Crippen molar-refractivity contribution < 1.29 is 0 Å². The van der Waals surface area contributed by atoms with Crippen molar-refractivity contribution >= 4 is 11.6 Å².